The summed E-state index contributed by atoms with van der Waals surface area (Å²) in [5.41, 5.74) is 0. The van der Waals surface area contributed by atoms with Crippen LogP contribution >= 0.6 is 0 Å². The van der Waals surface area contributed by atoms with Crippen LogP contribution in [-0.4, -0.2) is 11.1 Å². The molecular formula is C10H20O2. The molecule has 0 aromatic carbocycles. The molecule has 1 rings (SSSR count). The van der Waals surface area contributed by atoms with Crippen LogP contribution in [0.4, 0.5) is 0 Å². The van der Waals surface area contributed by atoms with Gasteiger partial charge in [-0.3, -0.25) is 4.79 Å². The van der Waals surface area contributed by atoms with Gasteiger partial charge >= 0.3 is 5.97 Å². The minimum absolute atomic E-state index is 0.379. The predicted molar refractivity (Wildman–Crippen MR) is 50.1 cm³/mol. The van der Waals surface area contributed by atoms with E-state index >= 15 is 0 Å². The Balaban J connectivity index is 0.000000561. The van der Waals surface area contributed by atoms with Gasteiger partial charge in [0.15, 0.2) is 0 Å². The molecule has 0 saturated heterocycles. The quantitative estimate of drug-likeness (QED) is 0.695. The summed E-state index contributed by atoms with van der Waals surface area (Å²) >= 11 is 0. The van der Waals surface area contributed by atoms with Crippen molar-refractivity contribution in [3.05, 3.63) is 0 Å². The number of carbonyl (C=O) groups is 1. The molecule has 1 saturated carbocycles. The second kappa shape index (κ2) is 6.04. The molecule has 1 fully saturated rings. The van der Waals surface area contributed by atoms with Crippen molar-refractivity contribution in [2.24, 2.45) is 11.8 Å². The fraction of sp³-hybridized carbons (Fsp3) is 0.900. The molecule has 1 aliphatic rings. The van der Waals surface area contributed by atoms with Crippen LogP contribution in [0.15, 0.2) is 0 Å². The summed E-state index contributed by atoms with van der Waals surface area (Å²) in [6.45, 7) is 6.20. The standard InChI is InChI=1S/C8H14O2.C2H6/c1-6-2-3-7(4-6)5-8(9)10;1-2/h6-7H,2-5H2,1H3,(H,9,10);1-2H3. The molecule has 72 valence electrons. The monoisotopic (exact) mass is 172 g/mol. The topological polar surface area (TPSA) is 37.3 Å². The summed E-state index contributed by atoms with van der Waals surface area (Å²) < 4.78 is 0. The Bertz CT molecular complexity index is 132. The molecule has 0 radical (unpaired) electrons. The van der Waals surface area contributed by atoms with Crippen LogP contribution in [-0.2, 0) is 4.79 Å². The predicted octanol–water partition coefficient (Wildman–Crippen LogP) is 2.92. The number of rotatable bonds is 2. The average Bonchev–Trinajstić information content (AvgIpc) is 2.39. The van der Waals surface area contributed by atoms with E-state index in [-0.39, 0.29) is 0 Å². The third kappa shape index (κ3) is 4.37. The van der Waals surface area contributed by atoms with E-state index < -0.39 is 5.97 Å². The van der Waals surface area contributed by atoms with Gasteiger partial charge in [0.2, 0.25) is 0 Å². The summed E-state index contributed by atoms with van der Waals surface area (Å²) in [5, 5.41) is 8.46. The summed E-state index contributed by atoms with van der Waals surface area (Å²) in [5.74, 6) is 0.580. The van der Waals surface area contributed by atoms with Gasteiger partial charge in [-0.2, -0.15) is 0 Å². The Hall–Kier alpha value is -0.530. The molecule has 0 spiro atoms. The van der Waals surface area contributed by atoms with E-state index in [0.717, 1.165) is 18.8 Å². The third-order valence-electron chi connectivity index (χ3n) is 2.27. The lowest BCUT2D eigenvalue weighted by atomic mass is 10.0. The first-order valence-electron chi connectivity index (χ1n) is 4.90. The number of hydrogen-bond donors (Lipinski definition) is 1. The van der Waals surface area contributed by atoms with Gasteiger partial charge < -0.3 is 5.11 Å². The molecule has 0 amide bonds. The first-order chi connectivity index (χ1) is 5.68. The van der Waals surface area contributed by atoms with Crippen LogP contribution in [0.3, 0.4) is 0 Å². The highest BCUT2D eigenvalue weighted by Gasteiger charge is 2.22. The zero-order chi connectivity index (χ0) is 9.56. The maximum atomic E-state index is 10.3. The van der Waals surface area contributed by atoms with Gasteiger partial charge in [-0.25, -0.2) is 0 Å². The lowest BCUT2D eigenvalue weighted by molar-refractivity contribution is -0.138. The average molecular weight is 172 g/mol. The zero-order valence-corrected chi connectivity index (χ0v) is 8.34. The highest BCUT2D eigenvalue weighted by atomic mass is 16.4. The van der Waals surface area contributed by atoms with Gasteiger partial charge in [-0.15, -0.1) is 0 Å². The Morgan fingerprint density at radius 1 is 1.42 bits per heavy atom. The summed E-state index contributed by atoms with van der Waals surface area (Å²) in [4.78, 5) is 10.3. The van der Waals surface area contributed by atoms with Crippen LogP contribution in [0.1, 0.15) is 46.5 Å². The molecule has 2 unspecified atom stereocenters. The van der Waals surface area contributed by atoms with Gasteiger partial charge in [-0.05, 0) is 24.7 Å². The van der Waals surface area contributed by atoms with Gasteiger partial charge in [0, 0.05) is 6.42 Å². The Morgan fingerprint density at radius 2 is 2.00 bits per heavy atom. The SMILES string of the molecule is CC.CC1CCC(CC(=O)O)C1. The summed E-state index contributed by atoms with van der Waals surface area (Å²) in [7, 11) is 0. The fourth-order valence-corrected chi connectivity index (χ4v) is 1.76. The lowest BCUT2D eigenvalue weighted by Gasteiger charge is -2.03. The lowest BCUT2D eigenvalue weighted by Crippen LogP contribution is -2.03. The van der Waals surface area contributed by atoms with Gasteiger partial charge in [-0.1, -0.05) is 27.2 Å². The molecule has 2 atom stereocenters. The largest absolute Gasteiger partial charge is 0.481 e. The van der Waals surface area contributed by atoms with Crippen molar-refractivity contribution < 1.29 is 9.90 Å². The molecule has 0 aliphatic heterocycles. The van der Waals surface area contributed by atoms with E-state index in [1.165, 1.54) is 6.42 Å². The van der Waals surface area contributed by atoms with Crippen LogP contribution in [0.25, 0.3) is 0 Å². The van der Waals surface area contributed by atoms with Crippen LogP contribution in [0.5, 0.6) is 0 Å². The van der Waals surface area contributed by atoms with Crippen molar-refractivity contribution in [3.63, 3.8) is 0 Å². The summed E-state index contributed by atoms with van der Waals surface area (Å²) in [6, 6.07) is 0. The van der Waals surface area contributed by atoms with Crippen molar-refractivity contribution in [2.45, 2.75) is 46.5 Å². The molecular weight excluding hydrogens is 152 g/mol. The maximum absolute atomic E-state index is 10.3. The molecule has 2 nitrogen and oxygen atoms in total. The van der Waals surface area contributed by atoms with E-state index in [9.17, 15) is 4.79 Å². The number of hydrogen-bond acceptors (Lipinski definition) is 1. The molecule has 0 aromatic rings. The van der Waals surface area contributed by atoms with Crippen LogP contribution in [0.2, 0.25) is 0 Å². The minimum Gasteiger partial charge on any atom is -0.481 e. The maximum Gasteiger partial charge on any atom is 0.303 e. The van der Waals surface area contributed by atoms with Crippen molar-refractivity contribution in [2.75, 3.05) is 0 Å². The minimum atomic E-state index is -0.640. The summed E-state index contributed by atoms with van der Waals surface area (Å²) in [6.07, 6.45) is 3.84. The Morgan fingerprint density at radius 3 is 2.33 bits per heavy atom. The second-order valence-corrected chi connectivity index (χ2v) is 3.38. The Kier molecular flexibility index (Phi) is 5.77. The molecule has 0 heterocycles. The van der Waals surface area contributed by atoms with Crippen molar-refractivity contribution in [1.82, 2.24) is 0 Å². The van der Waals surface area contributed by atoms with E-state index in [2.05, 4.69) is 6.92 Å². The smallest absolute Gasteiger partial charge is 0.303 e. The zero-order valence-electron chi connectivity index (χ0n) is 8.34. The van der Waals surface area contributed by atoms with E-state index in [4.69, 9.17) is 5.11 Å². The molecule has 12 heavy (non-hydrogen) atoms. The van der Waals surface area contributed by atoms with Gasteiger partial charge in [0.25, 0.3) is 0 Å². The third-order valence-corrected chi connectivity index (χ3v) is 2.27. The van der Waals surface area contributed by atoms with Crippen LogP contribution in [0, 0.1) is 11.8 Å². The highest BCUT2D eigenvalue weighted by molar-refractivity contribution is 5.67. The molecule has 1 N–H and O–H groups in total. The number of carboxylic acid groups (broad SMARTS) is 1. The van der Waals surface area contributed by atoms with Crippen LogP contribution < -0.4 is 0 Å². The first-order valence-corrected chi connectivity index (χ1v) is 4.90. The van der Waals surface area contributed by atoms with Crippen molar-refractivity contribution >= 4 is 5.97 Å². The van der Waals surface area contributed by atoms with Crippen molar-refractivity contribution in [3.8, 4) is 0 Å². The second-order valence-electron chi connectivity index (χ2n) is 3.38. The molecule has 0 aromatic heterocycles. The Labute approximate surface area is 75.0 Å². The first kappa shape index (κ1) is 11.5. The highest BCUT2D eigenvalue weighted by Crippen LogP contribution is 2.32. The van der Waals surface area contributed by atoms with Crippen molar-refractivity contribution in [1.29, 1.82) is 0 Å². The number of carboxylic acids is 1. The fourth-order valence-electron chi connectivity index (χ4n) is 1.76. The molecule has 1 aliphatic carbocycles. The number of aliphatic carboxylic acids is 1. The van der Waals surface area contributed by atoms with E-state index in [1.807, 2.05) is 13.8 Å². The van der Waals surface area contributed by atoms with E-state index in [1.54, 1.807) is 0 Å². The normalized spacial score (nSPS) is 27.6. The molecule has 0 bridgehead atoms. The van der Waals surface area contributed by atoms with E-state index in [0.29, 0.717) is 12.3 Å². The molecule has 2 heteroatoms. The van der Waals surface area contributed by atoms with Gasteiger partial charge in [0.1, 0.15) is 0 Å². The van der Waals surface area contributed by atoms with Gasteiger partial charge in [0.05, 0.1) is 0 Å².